The molecule has 12 heavy (non-hydrogen) atoms. The Kier molecular flexibility index (Phi) is 7.51. The summed E-state index contributed by atoms with van der Waals surface area (Å²) in [5, 5.41) is 9.01. The zero-order valence-corrected chi connectivity index (χ0v) is 8.71. The predicted octanol–water partition coefficient (Wildman–Crippen LogP) is 1.88. The molecule has 1 atom stereocenters. The molecule has 0 saturated carbocycles. The number of nitrogens with zero attached hydrogens (tertiary/aromatic N) is 1. The van der Waals surface area contributed by atoms with Crippen molar-refractivity contribution < 1.29 is 5.11 Å². The standard InChI is InChI=1S/C10H23NO/c1-4-8-11(3)9-6-5-7-10(2)12/h10,12H,4-9H2,1-3H3. The monoisotopic (exact) mass is 173 g/mol. The second-order valence-electron chi connectivity index (χ2n) is 3.65. The molecule has 1 N–H and O–H groups in total. The highest BCUT2D eigenvalue weighted by atomic mass is 16.3. The van der Waals surface area contributed by atoms with Crippen LogP contribution in [0.1, 0.15) is 39.5 Å². The van der Waals surface area contributed by atoms with Crippen molar-refractivity contribution in [2.75, 3.05) is 20.1 Å². The van der Waals surface area contributed by atoms with Gasteiger partial charge in [0, 0.05) is 0 Å². The summed E-state index contributed by atoms with van der Waals surface area (Å²) in [6, 6.07) is 0. The molecule has 74 valence electrons. The van der Waals surface area contributed by atoms with Gasteiger partial charge in [-0.3, -0.25) is 0 Å². The zero-order chi connectivity index (χ0) is 9.40. The molecule has 0 aromatic rings. The van der Waals surface area contributed by atoms with Gasteiger partial charge in [0.25, 0.3) is 0 Å². The molecule has 0 spiro atoms. The van der Waals surface area contributed by atoms with E-state index in [2.05, 4.69) is 18.9 Å². The minimum absolute atomic E-state index is 0.124. The molecule has 0 amide bonds. The van der Waals surface area contributed by atoms with Crippen LogP contribution < -0.4 is 0 Å². The van der Waals surface area contributed by atoms with Crippen molar-refractivity contribution in [3.63, 3.8) is 0 Å². The van der Waals surface area contributed by atoms with E-state index in [-0.39, 0.29) is 6.10 Å². The number of hydrogen-bond donors (Lipinski definition) is 1. The maximum atomic E-state index is 9.01. The fourth-order valence-corrected chi connectivity index (χ4v) is 1.31. The molecule has 0 aliphatic heterocycles. The van der Waals surface area contributed by atoms with Gasteiger partial charge in [-0.2, -0.15) is 0 Å². The van der Waals surface area contributed by atoms with E-state index in [1.54, 1.807) is 0 Å². The van der Waals surface area contributed by atoms with Crippen molar-refractivity contribution >= 4 is 0 Å². The first-order valence-corrected chi connectivity index (χ1v) is 5.03. The number of rotatable bonds is 7. The summed E-state index contributed by atoms with van der Waals surface area (Å²) in [6.45, 7) is 6.41. The first-order valence-electron chi connectivity index (χ1n) is 5.03. The van der Waals surface area contributed by atoms with Crippen molar-refractivity contribution in [3.8, 4) is 0 Å². The summed E-state index contributed by atoms with van der Waals surface area (Å²) < 4.78 is 0. The van der Waals surface area contributed by atoms with Gasteiger partial charge >= 0.3 is 0 Å². The molecule has 0 aliphatic carbocycles. The molecule has 0 rings (SSSR count). The third-order valence-electron chi connectivity index (χ3n) is 2.02. The SMILES string of the molecule is CCCN(C)CCCCC(C)O. The van der Waals surface area contributed by atoms with Gasteiger partial charge in [-0.25, -0.2) is 0 Å². The lowest BCUT2D eigenvalue weighted by atomic mass is 10.2. The Morgan fingerprint density at radius 3 is 2.42 bits per heavy atom. The van der Waals surface area contributed by atoms with E-state index in [9.17, 15) is 0 Å². The van der Waals surface area contributed by atoms with Crippen LogP contribution in [-0.2, 0) is 0 Å². The van der Waals surface area contributed by atoms with Crippen LogP contribution in [0.3, 0.4) is 0 Å². The van der Waals surface area contributed by atoms with Gasteiger partial charge in [0.2, 0.25) is 0 Å². The summed E-state index contributed by atoms with van der Waals surface area (Å²) in [5.74, 6) is 0. The molecule has 0 aliphatic rings. The van der Waals surface area contributed by atoms with Crippen molar-refractivity contribution in [3.05, 3.63) is 0 Å². The Bertz CT molecular complexity index is 93.8. The van der Waals surface area contributed by atoms with Gasteiger partial charge < -0.3 is 10.0 Å². The average molecular weight is 173 g/mol. The molecule has 0 heterocycles. The van der Waals surface area contributed by atoms with Gasteiger partial charge in [0.1, 0.15) is 0 Å². The van der Waals surface area contributed by atoms with Crippen molar-refractivity contribution in [1.82, 2.24) is 4.90 Å². The molecular formula is C10H23NO. The van der Waals surface area contributed by atoms with Crippen LogP contribution >= 0.6 is 0 Å². The van der Waals surface area contributed by atoms with Crippen LogP contribution in [0, 0.1) is 0 Å². The highest BCUT2D eigenvalue weighted by molar-refractivity contribution is 4.53. The molecule has 0 bridgehead atoms. The normalized spacial score (nSPS) is 13.8. The molecule has 0 fully saturated rings. The summed E-state index contributed by atoms with van der Waals surface area (Å²) >= 11 is 0. The summed E-state index contributed by atoms with van der Waals surface area (Å²) in [5.41, 5.74) is 0. The van der Waals surface area contributed by atoms with Crippen molar-refractivity contribution in [1.29, 1.82) is 0 Å². The topological polar surface area (TPSA) is 23.5 Å². The Labute approximate surface area is 76.6 Å². The summed E-state index contributed by atoms with van der Waals surface area (Å²) in [6.07, 6.45) is 4.40. The first-order chi connectivity index (χ1) is 5.66. The number of aliphatic hydroxyl groups excluding tert-OH is 1. The van der Waals surface area contributed by atoms with Crippen LogP contribution in [0.5, 0.6) is 0 Å². The summed E-state index contributed by atoms with van der Waals surface area (Å²) in [7, 11) is 2.16. The van der Waals surface area contributed by atoms with Crippen LogP contribution in [-0.4, -0.2) is 36.2 Å². The van der Waals surface area contributed by atoms with Gasteiger partial charge in [0.05, 0.1) is 6.10 Å². The van der Waals surface area contributed by atoms with Crippen LogP contribution in [0.25, 0.3) is 0 Å². The van der Waals surface area contributed by atoms with E-state index in [1.165, 1.54) is 25.9 Å². The highest BCUT2D eigenvalue weighted by Crippen LogP contribution is 2.01. The summed E-state index contributed by atoms with van der Waals surface area (Å²) in [4.78, 5) is 2.35. The lowest BCUT2D eigenvalue weighted by Gasteiger charge is -2.15. The average Bonchev–Trinajstić information content (AvgIpc) is 1.98. The van der Waals surface area contributed by atoms with Crippen LogP contribution in [0.15, 0.2) is 0 Å². The lowest BCUT2D eigenvalue weighted by molar-refractivity contribution is 0.178. The number of hydrogen-bond acceptors (Lipinski definition) is 2. The quantitative estimate of drug-likeness (QED) is 0.594. The molecule has 2 nitrogen and oxygen atoms in total. The Morgan fingerprint density at radius 1 is 1.25 bits per heavy atom. The Morgan fingerprint density at radius 2 is 1.92 bits per heavy atom. The van der Waals surface area contributed by atoms with E-state index < -0.39 is 0 Å². The number of aliphatic hydroxyl groups is 1. The van der Waals surface area contributed by atoms with E-state index >= 15 is 0 Å². The van der Waals surface area contributed by atoms with Crippen LogP contribution in [0.4, 0.5) is 0 Å². The maximum Gasteiger partial charge on any atom is 0.0512 e. The molecule has 0 aromatic carbocycles. The molecule has 0 saturated heterocycles. The van der Waals surface area contributed by atoms with E-state index in [0.717, 1.165) is 12.8 Å². The fourth-order valence-electron chi connectivity index (χ4n) is 1.31. The fraction of sp³-hybridized carbons (Fsp3) is 1.00. The number of unbranched alkanes of at least 4 members (excludes halogenated alkanes) is 1. The Hall–Kier alpha value is -0.0800. The molecular weight excluding hydrogens is 150 g/mol. The van der Waals surface area contributed by atoms with Gasteiger partial charge in [0.15, 0.2) is 0 Å². The van der Waals surface area contributed by atoms with Crippen molar-refractivity contribution in [2.45, 2.75) is 45.6 Å². The van der Waals surface area contributed by atoms with Gasteiger partial charge in [-0.1, -0.05) is 6.92 Å². The van der Waals surface area contributed by atoms with Gasteiger partial charge in [-0.15, -0.1) is 0 Å². The minimum Gasteiger partial charge on any atom is -0.393 e. The van der Waals surface area contributed by atoms with E-state index in [0.29, 0.717) is 0 Å². The van der Waals surface area contributed by atoms with E-state index in [4.69, 9.17) is 5.11 Å². The molecule has 1 unspecified atom stereocenters. The largest absolute Gasteiger partial charge is 0.393 e. The van der Waals surface area contributed by atoms with Crippen molar-refractivity contribution in [2.24, 2.45) is 0 Å². The maximum absolute atomic E-state index is 9.01. The molecule has 2 heteroatoms. The Balaban J connectivity index is 3.08. The van der Waals surface area contributed by atoms with Crippen LogP contribution in [0.2, 0.25) is 0 Å². The minimum atomic E-state index is -0.124. The highest BCUT2D eigenvalue weighted by Gasteiger charge is 1.98. The van der Waals surface area contributed by atoms with E-state index in [1.807, 2.05) is 6.92 Å². The second kappa shape index (κ2) is 7.56. The third-order valence-corrected chi connectivity index (χ3v) is 2.02. The smallest absolute Gasteiger partial charge is 0.0512 e. The first kappa shape index (κ1) is 11.9. The van der Waals surface area contributed by atoms with Gasteiger partial charge in [-0.05, 0) is 52.7 Å². The zero-order valence-electron chi connectivity index (χ0n) is 8.71. The predicted molar refractivity (Wildman–Crippen MR) is 53.3 cm³/mol. The third kappa shape index (κ3) is 8.02. The molecule has 0 aromatic heterocycles. The second-order valence-corrected chi connectivity index (χ2v) is 3.65. The molecule has 0 radical (unpaired) electrons. The lowest BCUT2D eigenvalue weighted by Crippen LogP contribution is -2.20.